The van der Waals surface area contributed by atoms with E-state index in [9.17, 15) is 8.42 Å². The van der Waals surface area contributed by atoms with Gasteiger partial charge in [0.05, 0.1) is 0 Å². The first kappa shape index (κ1) is 10.7. The van der Waals surface area contributed by atoms with Crippen molar-refractivity contribution in [1.29, 1.82) is 5.41 Å². The number of nitrogens with one attached hydrogen (secondary N) is 1. The van der Waals surface area contributed by atoms with Gasteiger partial charge in [-0.05, 0) is 5.56 Å². The molecule has 5 nitrogen and oxygen atoms in total. The maximum atomic E-state index is 10.9. The summed E-state index contributed by atoms with van der Waals surface area (Å²) in [5, 5.41) is 5.61. The topological polar surface area (TPSA) is 104 Å². The number of benzene rings is 1. The van der Waals surface area contributed by atoms with E-state index >= 15 is 0 Å². The molecule has 6 heteroatoms. The lowest BCUT2D eigenvalue weighted by molar-refractivity contribution is 0.478. The van der Waals surface area contributed by atoms with Crippen molar-refractivity contribution in [1.82, 2.24) is 0 Å². The van der Waals surface area contributed by atoms with E-state index in [1.54, 1.807) is 18.2 Å². The first-order chi connectivity index (χ1) is 6.43. The van der Waals surface area contributed by atoms with Gasteiger partial charge >= 0.3 is 0 Å². The summed E-state index contributed by atoms with van der Waals surface area (Å²) >= 11 is 0. The molecule has 0 saturated heterocycles. The molecule has 0 radical (unpaired) electrons. The van der Waals surface area contributed by atoms with E-state index in [0.29, 0.717) is 0 Å². The van der Waals surface area contributed by atoms with Crippen LogP contribution >= 0.6 is 0 Å². The van der Waals surface area contributed by atoms with Crippen molar-refractivity contribution in [3.05, 3.63) is 35.9 Å². The van der Waals surface area contributed by atoms with Crippen LogP contribution in [0.3, 0.4) is 0 Å². The van der Waals surface area contributed by atoms with Crippen molar-refractivity contribution in [2.75, 3.05) is 0 Å². The van der Waals surface area contributed by atoms with E-state index in [1.807, 2.05) is 0 Å². The molecular formula is C8H10N2O3S. The van der Waals surface area contributed by atoms with E-state index in [0.717, 1.165) is 0 Å². The van der Waals surface area contributed by atoms with Gasteiger partial charge in [0.15, 0.2) is 5.25 Å². The highest BCUT2D eigenvalue weighted by atomic mass is 32.2. The number of nitrogens with two attached hydrogens (primary N) is 1. The zero-order valence-corrected chi connectivity index (χ0v) is 8.03. The predicted molar refractivity (Wildman–Crippen MR) is 52.6 cm³/mol. The second kappa shape index (κ2) is 3.77. The Kier molecular flexibility index (Phi) is 2.87. The predicted octanol–water partition coefficient (Wildman–Crippen LogP) is 0.551. The normalized spacial score (nSPS) is 13.5. The van der Waals surface area contributed by atoms with Gasteiger partial charge in [-0.3, -0.25) is 9.96 Å². The Hall–Kier alpha value is -1.40. The second-order valence-electron chi connectivity index (χ2n) is 2.76. The van der Waals surface area contributed by atoms with Crippen LogP contribution in [-0.2, 0) is 10.1 Å². The molecule has 0 amide bonds. The van der Waals surface area contributed by atoms with Crippen LogP contribution in [0.1, 0.15) is 10.8 Å². The fourth-order valence-electron chi connectivity index (χ4n) is 1.14. The minimum absolute atomic E-state index is 0.280. The Morgan fingerprint density at radius 2 is 1.86 bits per heavy atom. The van der Waals surface area contributed by atoms with Crippen LogP contribution < -0.4 is 5.73 Å². The third kappa shape index (κ3) is 2.30. The van der Waals surface area contributed by atoms with E-state index in [4.69, 9.17) is 15.7 Å². The van der Waals surface area contributed by atoms with Crippen molar-refractivity contribution in [2.45, 2.75) is 5.25 Å². The van der Waals surface area contributed by atoms with Gasteiger partial charge < -0.3 is 5.73 Å². The molecule has 14 heavy (non-hydrogen) atoms. The van der Waals surface area contributed by atoms with E-state index in [2.05, 4.69) is 0 Å². The SMILES string of the molecule is N=C(N)C(c1ccccc1)S(=O)(=O)O. The Morgan fingerprint density at radius 1 is 1.36 bits per heavy atom. The van der Waals surface area contributed by atoms with Gasteiger partial charge in [-0.1, -0.05) is 30.3 Å². The Labute approximate surface area is 81.8 Å². The van der Waals surface area contributed by atoms with Crippen LogP contribution in [0.15, 0.2) is 30.3 Å². The van der Waals surface area contributed by atoms with E-state index < -0.39 is 21.2 Å². The molecule has 0 heterocycles. The minimum atomic E-state index is -4.37. The zero-order chi connectivity index (χ0) is 10.8. The summed E-state index contributed by atoms with van der Waals surface area (Å²) in [4.78, 5) is 0. The second-order valence-corrected chi connectivity index (χ2v) is 4.26. The fraction of sp³-hybridized carbons (Fsp3) is 0.125. The van der Waals surface area contributed by atoms with Crippen molar-refractivity contribution >= 4 is 16.0 Å². The van der Waals surface area contributed by atoms with E-state index in [1.165, 1.54) is 12.1 Å². The molecule has 0 aromatic heterocycles. The highest BCUT2D eigenvalue weighted by molar-refractivity contribution is 7.86. The average molecular weight is 214 g/mol. The van der Waals surface area contributed by atoms with Crippen LogP contribution in [0.2, 0.25) is 0 Å². The van der Waals surface area contributed by atoms with Gasteiger partial charge in [0.2, 0.25) is 0 Å². The first-order valence-electron chi connectivity index (χ1n) is 3.78. The van der Waals surface area contributed by atoms with Crippen molar-refractivity contribution in [3.8, 4) is 0 Å². The van der Waals surface area contributed by atoms with Crippen LogP contribution in [0.5, 0.6) is 0 Å². The lowest BCUT2D eigenvalue weighted by atomic mass is 10.1. The van der Waals surface area contributed by atoms with Gasteiger partial charge in [0, 0.05) is 0 Å². The molecule has 1 rings (SSSR count). The maximum Gasteiger partial charge on any atom is 0.279 e. The Morgan fingerprint density at radius 3 is 2.21 bits per heavy atom. The Balaban J connectivity index is 3.22. The molecule has 0 aliphatic carbocycles. The number of amidine groups is 1. The summed E-state index contributed by atoms with van der Waals surface area (Å²) in [6.45, 7) is 0. The molecule has 1 atom stereocenters. The van der Waals surface area contributed by atoms with Gasteiger partial charge in [-0.15, -0.1) is 0 Å². The van der Waals surface area contributed by atoms with Gasteiger partial charge in [0.1, 0.15) is 5.84 Å². The summed E-state index contributed by atoms with van der Waals surface area (Å²) in [7, 11) is -4.37. The quantitative estimate of drug-likeness (QED) is 0.388. The molecule has 0 spiro atoms. The first-order valence-corrected chi connectivity index (χ1v) is 5.28. The van der Waals surface area contributed by atoms with Crippen molar-refractivity contribution in [2.24, 2.45) is 5.73 Å². The third-order valence-corrected chi connectivity index (χ3v) is 2.80. The van der Waals surface area contributed by atoms with Gasteiger partial charge in [-0.2, -0.15) is 8.42 Å². The zero-order valence-electron chi connectivity index (χ0n) is 7.21. The van der Waals surface area contributed by atoms with Crippen LogP contribution in [0, 0.1) is 5.41 Å². The molecule has 4 N–H and O–H groups in total. The van der Waals surface area contributed by atoms with Crippen LogP contribution in [0.4, 0.5) is 0 Å². The minimum Gasteiger partial charge on any atom is -0.386 e. The number of hydrogen-bond donors (Lipinski definition) is 3. The van der Waals surface area contributed by atoms with Gasteiger partial charge in [-0.25, -0.2) is 0 Å². The summed E-state index contributed by atoms with van der Waals surface area (Å²) < 4.78 is 30.7. The molecule has 0 saturated carbocycles. The Bertz CT molecular complexity index is 427. The highest BCUT2D eigenvalue weighted by Gasteiger charge is 2.27. The summed E-state index contributed by atoms with van der Waals surface area (Å²) in [6, 6.07) is 7.89. The summed E-state index contributed by atoms with van der Waals surface area (Å²) in [5.41, 5.74) is 5.38. The molecule has 1 aromatic carbocycles. The maximum absolute atomic E-state index is 10.9. The molecule has 76 valence electrons. The molecule has 0 aliphatic rings. The highest BCUT2D eigenvalue weighted by Crippen LogP contribution is 2.20. The largest absolute Gasteiger partial charge is 0.386 e. The van der Waals surface area contributed by atoms with Crippen molar-refractivity contribution < 1.29 is 13.0 Å². The lowest BCUT2D eigenvalue weighted by Crippen LogP contribution is -2.27. The average Bonchev–Trinajstić information content (AvgIpc) is 2.02. The van der Waals surface area contributed by atoms with Crippen LogP contribution in [-0.4, -0.2) is 18.8 Å². The molecule has 0 aliphatic heterocycles. The molecule has 1 unspecified atom stereocenters. The third-order valence-electron chi connectivity index (χ3n) is 1.68. The number of rotatable bonds is 3. The summed E-state index contributed by atoms with van der Waals surface area (Å²) in [6.07, 6.45) is 0. The molecule has 0 bridgehead atoms. The standard InChI is InChI=1S/C8H10N2O3S/c9-8(10)7(14(11,12)13)6-4-2-1-3-5-6/h1-5,7H,(H3,9,10)(H,11,12,13). The molecule has 0 fully saturated rings. The van der Waals surface area contributed by atoms with Gasteiger partial charge in [0.25, 0.3) is 10.1 Å². The summed E-state index contributed by atoms with van der Waals surface area (Å²) in [5.74, 6) is -0.598. The van der Waals surface area contributed by atoms with Crippen molar-refractivity contribution in [3.63, 3.8) is 0 Å². The molecular weight excluding hydrogens is 204 g/mol. The number of hydrogen-bond acceptors (Lipinski definition) is 3. The fourth-order valence-corrected chi connectivity index (χ4v) is 1.96. The van der Waals surface area contributed by atoms with E-state index in [-0.39, 0.29) is 5.56 Å². The monoisotopic (exact) mass is 214 g/mol. The van der Waals surface area contributed by atoms with Crippen LogP contribution in [0.25, 0.3) is 0 Å². The lowest BCUT2D eigenvalue weighted by Gasteiger charge is -2.11. The molecule has 1 aromatic rings. The smallest absolute Gasteiger partial charge is 0.279 e.